The molecule has 1 aliphatic rings. The summed E-state index contributed by atoms with van der Waals surface area (Å²) >= 11 is 0. The maximum atomic E-state index is 12.3. The van der Waals surface area contributed by atoms with Crippen LogP contribution < -0.4 is 10.2 Å². The van der Waals surface area contributed by atoms with Gasteiger partial charge in [-0.25, -0.2) is 0 Å². The van der Waals surface area contributed by atoms with Crippen LogP contribution in [0.1, 0.15) is 42.1 Å². The molecule has 0 unspecified atom stereocenters. The van der Waals surface area contributed by atoms with Crippen LogP contribution in [0, 0.1) is 5.92 Å². The van der Waals surface area contributed by atoms with Crippen molar-refractivity contribution >= 4 is 23.2 Å². The topological polar surface area (TPSA) is 52.7 Å². The Hall–Kier alpha value is -2.82. The molecule has 0 saturated carbocycles. The van der Waals surface area contributed by atoms with Gasteiger partial charge in [0.15, 0.2) is 0 Å². The molecule has 2 amide bonds. The molecule has 1 aliphatic heterocycles. The zero-order valence-corrected chi connectivity index (χ0v) is 17.6. The molecule has 0 radical (unpaired) electrons. The Morgan fingerprint density at radius 2 is 1.62 bits per heavy atom. The summed E-state index contributed by atoms with van der Waals surface area (Å²) in [6, 6.07) is 15.6. The van der Waals surface area contributed by atoms with Crippen molar-refractivity contribution in [1.82, 2.24) is 4.90 Å². The number of nitrogens with zero attached hydrogens (tertiary/aromatic N) is 2. The summed E-state index contributed by atoms with van der Waals surface area (Å²) in [6.45, 7) is 4.52. The van der Waals surface area contributed by atoms with Crippen LogP contribution in [0.3, 0.4) is 0 Å². The lowest BCUT2D eigenvalue weighted by Gasteiger charge is -2.32. The minimum atomic E-state index is -0.0168. The number of carbonyl (C=O) groups is 2. The molecule has 0 bridgehead atoms. The molecule has 0 spiro atoms. The smallest absolute Gasteiger partial charge is 0.253 e. The third-order valence-corrected chi connectivity index (χ3v) is 5.55. The molecule has 3 rings (SSSR count). The molecule has 1 fully saturated rings. The van der Waals surface area contributed by atoms with E-state index >= 15 is 0 Å². The van der Waals surface area contributed by atoms with Crippen molar-refractivity contribution in [2.24, 2.45) is 5.92 Å². The Morgan fingerprint density at radius 1 is 1.00 bits per heavy atom. The second kappa shape index (κ2) is 9.59. The number of hydrogen-bond donors (Lipinski definition) is 1. The molecule has 0 atom stereocenters. The Labute approximate surface area is 173 Å². The van der Waals surface area contributed by atoms with Crippen molar-refractivity contribution in [2.45, 2.75) is 32.6 Å². The first-order valence-electron chi connectivity index (χ1n) is 10.4. The first kappa shape index (κ1) is 20.9. The number of piperidine rings is 1. The molecule has 0 aliphatic carbocycles. The minimum Gasteiger partial charge on any atom is -0.372 e. The quantitative estimate of drug-likeness (QED) is 0.800. The van der Waals surface area contributed by atoms with Gasteiger partial charge in [0.05, 0.1) is 0 Å². The molecule has 5 heteroatoms. The van der Waals surface area contributed by atoms with Crippen molar-refractivity contribution < 1.29 is 9.59 Å². The molecular formula is C24H31N3O2. The Bertz CT molecular complexity index is 820. The Kier molecular flexibility index (Phi) is 6.91. The molecule has 154 valence electrons. The maximum Gasteiger partial charge on any atom is 0.253 e. The average Bonchev–Trinajstić information content (AvgIpc) is 2.73. The van der Waals surface area contributed by atoms with Gasteiger partial charge in [-0.3, -0.25) is 9.59 Å². The SMILES string of the molecule is CC1CCN(c2ccc(NC(=O)CCc3ccc(C(=O)N(C)C)cc3)cc2)CC1. The Balaban J connectivity index is 1.47. The molecule has 5 nitrogen and oxygen atoms in total. The van der Waals surface area contributed by atoms with Gasteiger partial charge >= 0.3 is 0 Å². The highest BCUT2D eigenvalue weighted by atomic mass is 16.2. The fraction of sp³-hybridized carbons (Fsp3) is 0.417. The van der Waals surface area contributed by atoms with Crippen molar-refractivity contribution in [2.75, 3.05) is 37.4 Å². The van der Waals surface area contributed by atoms with Crippen molar-refractivity contribution in [1.29, 1.82) is 0 Å². The second-order valence-corrected chi connectivity index (χ2v) is 8.16. The molecule has 1 heterocycles. The van der Waals surface area contributed by atoms with Crippen LogP contribution in [0.4, 0.5) is 11.4 Å². The van der Waals surface area contributed by atoms with Crippen LogP contribution in [0.2, 0.25) is 0 Å². The fourth-order valence-corrected chi connectivity index (χ4v) is 3.58. The largest absolute Gasteiger partial charge is 0.372 e. The summed E-state index contributed by atoms with van der Waals surface area (Å²) < 4.78 is 0. The van der Waals surface area contributed by atoms with Gasteiger partial charge in [-0.15, -0.1) is 0 Å². The van der Waals surface area contributed by atoms with E-state index in [1.807, 2.05) is 36.4 Å². The number of amides is 2. The molecule has 2 aromatic carbocycles. The first-order chi connectivity index (χ1) is 13.9. The number of aryl methyl sites for hydroxylation is 1. The molecule has 1 saturated heterocycles. The lowest BCUT2D eigenvalue weighted by Crippen LogP contribution is -2.32. The number of rotatable bonds is 6. The Morgan fingerprint density at radius 3 is 2.21 bits per heavy atom. The molecule has 29 heavy (non-hydrogen) atoms. The van der Waals surface area contributed by atoms with Gasteiger partial charge < -0.3 is 15.1 Å². The summed E-state index contributed by atoms with van der Waals surface area (Å²) in [5.74, 6) is 0.796. The highest BCUT2D eigenvalue weighted by molar-refractivity contribution is 5.94. The number of carbonyl (C=O) groups excluding carboxylic acids is 2. The van der Waals surface area contributed by atoms with E-state index in [1.54, 1.807) is 19.0 Å². The van der Waals surface area contributed by atoms with E-state index in [1.165, 1.54) is 18.5 Å². The number of hydrogen-bond acceptors (Lipinski definition) is 3. The van der Waals surface area contributed by atoms with E-state index in [2.05, 4.69) is 29.3 Å². The summed E-state index contributed by atoms with van der Waals surface area (Å²) in [5, 5.41) is 2.98. The predicted molar refractivity (Wildman–Crippen MR) is 118 cm³/mol. The number of nitrogens with one attached hydrogen (secondary N) is 1. The molecule has 2 aromatic rings. The summed E-state index contributed by atoms with van der Waals surface area (Å²) in [5.41, 5.74) is 3.76. The summed E-state index contributed by atoms with van der Waals surface area (Å²) in [6.07, 6.45) is 3.53. The van der Waals surface area contributed by atoms with E-state index in [9.17, 15) is 9.59 Å². The standard InChI is InChI=1S/C24H31N3O2/c1-18-14-16-27(17-15-18)22-11-9-21(10-12-22)25-23(28)13-6-19-4-7-20(8-5-19)24(29)26(2)3/h4-5,7-12,18H,6,13-17H2,1-3H3,(H,25,28). The number of benzene rings is 2. The predicted octanol–water partition coefficient (Wildman–Crippen LogP) is 4.20. The lowest BCUT2D eigenvalue weighted by molar-refractivity contribution is -0.116. The van der Waals surface area contributed by atoms with Crippen LogP contribution in [0.5, 0.6) is 0 Å². The van der Waals surface area contributed by atoms with Crippen LogP contribution in [0.25, 0.3) is 0 Å². The van der Waals surface area contributed by atoms with Gasteiger partial charge in [0, 0.05) is 50.5 Å². The van der Waals surface area contributed by atoms with Crippen molar-refractivity contribution in [3.05, 3.63) is 59.7 Å². The van der Waals surface area contributed by atoms with E-state index in [4.69, 9.17) is 0 Å². The van der Waals surface area contributed by atoms with Gasteiger partial charge in [-0.2, -0.15) is 0 Å². The zero-order valence-electron chi connectivity index (χ0n) is 17.6. The monoisotopic (exact) mass is 393 g/mol. The molecular weight excluding hydrogens is 362 g/mol. The van der Waals surface area contributed by atoms with Gasteiger partial charge in [0.25, 0.3) is 5.91 Å². The van der Waals surface area contributed by atoms with Gasteiger partial charge in [0.2, 0.25) is 5.91 Å². The average molecular weight is 394 g/mol. The first-order valence-corrected chi connectivity index (χ1v) is 10.4. The van der Waals surface area contributed by atoms with Gasteiger partial charge in [0.1, 0.15) is 0 Å². The third-order valence-electron chi connectivity index (χ3n) is 5.55. The maximum absolute atomic E-state index is 12.3. The van der Waals surface area contributed by atoms with Crippen LogP contribution in [-0.4, -0.2) is 43.9 Å². The zero-order chi connectivity index (χ0) is 20.8. The minimum absolute atomic E-state index is 0.00186. The molecule has 1 N–H and O–H groups in total. The van der Waals surface area contributed by atoms with Crippen LogP contribution >= 0.6 is 0 Å². The van der Waals surface area contributed by atoms with E-state index in [0.29, 0.717) is 18.4 Å². The normalized spacial score (nSPS) is 14.5. The van der Waals surface area contributed by atoms with Gasteiger partial charge in [-0.05, 0) is 67.1 Å². The van der Waals surface area contributed by atoms with Crippen molar-refractivity contribution in [3.63, 3.8) is 0 Å². The van der Waals surface area contributed by atoms with Crippen LogP contribution in [-0.2, 0) is 11.2 Å². The highest BCUT2D eigenvalue weighted by Crippen LogP contribution is 2.24. The van der Waals surface area contributed by atoms with Gasteiger partial charge in [-0.1, -0.05) is 19.1 Å². The van der Waals surface area contributed by atoms with E-state index in [0.717, 1.165) is 30.3 Å². The van der Waals surface area contributed by atoms with Crippen LogP contribution in [0.15, 0.2) is 48.5 Å². The fourth-order valence-electron chi connectivity index (χ4n) is 3.58. The number of anilines is 2. The summed E-state index contributed by atoms with van der Waals surface area (Å²) in [7, 11) is 3.47. The van der Waals surface area contributed by atoms with E-state index in [-0.39, 0.29) is 11.8 Å². The van der Waals surface area contributed by atoms with Crippen molar-refractivity contribution in [3.8, 4) is 0 Å². The lowest BCUT2D eigenvalue weighted by atomic mass is 9.99. The highest BCUT2D eigenvalue weighted by Gasteiger charge is 2.16. The summed E-state index contributed by atoms with van der Waals surface area (Å²) in [4.78, 5) is 28.2. The third kappa shape index (κ3) is 5.83. The second-order valence-electron chi connectivity index (χ2n) is 8.16. The van der Waals surface area contributed by atoms with E-state index < -0.39 is 0 Å². The molecule has 0 aromatic heterocycles.